The van der Waals surface area contributed by atoms with Crippen LogP contribution in [-0.4, -0.2) is 71.0 Å². The Hall–Kier alpha value is -5.53. The zero-order valence-electron chi connectivity index (χ0n) is 26.1. The van der Waals surface area contributed by atoms with Crippen molar-refractivity contribution in [2.45, 2.75) is 45.8 Å². The fraction of sp³-hybridized carbons (Fsp3) is 0.303. The molecular formula is C33H32F2N10O2. The highest BCUT2D eigenvalue weighted by Gasteiger charge is 2.31. The normalized spacial score (nSPS) is 16.1. The second-order valence-electron chi connectivity index (χ2n) is 12.1. The molecule has 0 saturated carbocycles. The molecule has 47 heavy (non-hydrogen) atoms. The number of halogens is 2. The molecule has 240 valence electrons. The maximum absolute atomic E-state index is 16.2. The van der Waals surface area contributed by atoms with Crippen LogP contribution in [0.3, 0.4) is 0 Å². The van der Waals surface area contributed by atoms with Crippen LogP contribution in [0.5, 0.6) is 0 Å². The van der Waals surface area contributed by atoms with E-state index in [2.05, 4.69) is 27.2 Å². The summed E-state index contributed by atoms with van der Waals surface area (Å²) in [5, 5.41) is 11.9. The molecule has 1 N–H and O–H groups in total. The van der Waals surface area contributed by atoms with Crippen LogP contribution in [0.25, 0.3) is 28.0 Å². The molecule has 0 radical (unpaired) electrons. The van der Waals surface area contributed by atoms with Gasteiger partial charge in [-0.25, -0.2) is 27.8 Å². The largest absolute Gasteiger partial charge is 0.379 e. The molecule has 2 aliphatic rings. The van der Waals surface area contributed by atoms with Gasteiger partial charge in [0, 0.05) is 43.1 Å². The topological polar surface area (TPSA) is 127 Å². The third-order valence-corrected chi connectivity index (χ3v) is 8.55. The molecule has 4 aromatic heterocycles. The van der Waals surface area contributed by atoms with Gasteiger partial charge in [0.1, 0.15) is 28.8 Å². The van der Waals surface area contributed by atoms with Gasteiger partial charge in [0.05, 0.1) is 36.1 Å². The van der Waals surface area contributed by atoms with Gasteiger partial charge in [-0.05, 0) is 54.8 Å². The second-order valence-corrected chi connectivity index (χ2v) is 12.1. The summed E-state index contributed by atoms with van der Waals surface area (Å²) < 4.78 is 34.6. The van der Waals surface area contributed by atoms with Crippen molar-refractivity contribution in [1.82, 2.24) is 39.4 Å². The van der Waals surface area contributed by atoms with Gasteiger partial charge in [-0.15, -0.1) is 5.10 Å². The van der Waals surface area contributed by atoms with Gasteiger partial charge in [0.15, 0.2) is 5.65 Å². The quantitative estimate of drug-likeness (QED) is 0.292. The van der Waals surface area contributed by atoms with Crippen molar-refractivity contribution in [1.29, 1.82) is 0 Å². The van der Waals surface area contributed by atoms with E-state index in [1.165, 1.54) is 28.8 Å². The van der Waals surface area contributed by atoms with E-state index in [0.29, 0.717) is 55.5 Å². The SMILES string of the molecule is C=CC(=O)N1CCN(c2nc(=O)n3c4nc(c(F)cc24)-c2cc(ccc2F)NCc2cn(nn2)Cc2cnc(C(C)C)c-3c2)[C@@H](C)C1. The molecule has 7 rings (SSSR count). The number of pyridine rings is 2. The average molecular weight is 639 g/mol. The zero-order valence-corrected chi connectivity index (χ0v) is 26.1. The summed E-state index contributed by atoms with van der Waals surface area (Å²) in [5.41, 5.74) is 2.03. The predicted molar refractivity (Wildman–Crippen MR) is 172 cm³/mol. The first-order chi connectivity index (χ1) is 22.6. The Balaban J connectivity index is 1.52. The maximum atomic E-state index is 16.2. The van der Waals surface area contributed by atoms with Crippen molar-refractivity contribution in [3.05, 3.63) is 94.5 Å². The summed E-state index contributed by atoms with van der Waals surface area (Å²) >= 11 is 0. The first kappa shape index (κ1) is 30.1. The van der Waals surface area contributed by atoms with Crippen LogP contribution in [0.2, 0.25) is 0 Å². The molecule has 0 aliphatic carbocycles. The molecule has 1 atom stereocenters. The van der Waals surface area contributed by atoms with Gasteiger partial charge in [-0.2, -0.15) is 4.98 Å². The monoisotopic (exact) mass is 638 g/mol. The van der Waals surface area contributed by atoms with Crippen LogP contribution in [0, 0.1) is 11.6 Å². The van der Waals surface area contributed by atoms with Crippen molar-refractivity contribution in [3.63, 3.8) is 0 Å². The molecule has 1 amide bonds. The number of hydrogen-bond acceptors (Lipinski definition) is 9. The number of rotatable bonds is 3. The number of carbonyl (C=O) groups is 1. The van der Waals surface area contributed by atoms with Gasteiger partial charge in [0.25, 0.3) is 0 Å². The summed E-state index contributed by atoms with van der Waals surface area (Å²) in [6, 6.07) is 7.08. The standard InChI is InChI=1S/C33H32F2N10O2/c1-5-28(46)42-8-9-44(19(4)15-42)31-24-12-26(35)30-23-11-21(6-7-25(23)34)36-14-22-17-43(41-40-22)16-20-10-27(29(18(2)3)37-13-20)45(32(24)38-30)33(47)39-31/h5-7,10-13,17-19,36H,1,8-9,14-16H2,2-4H3/t19-/m0/s1. The molecule has 2 aliphatic heterocycles. The van der Waals surface area contributed by atoms with Crippen LogP contribution in [-0.2, 0) is 17.9 Å². The number of amides is 1. The number of nitrogens with zero attached hydrogens (tertiary/aromatic N) is 9. The minimum absolute atomic E-state index is 0.0802. The third-order valence-electron chi connectivity index (χ3n) is 8.55. The number of carbonyl (C=O) groups excluding carboxylic acids is 1. The number of benzene rings is 1. The Kier molecular flexibility index (Phi) is 7.49. The van der Waals surface area contributed by atoms with E-state index in [1.54, 1.807) is 28.0 Å². The van der Waals surface area contributed by atoms with Gasteiger partial charge in [-0.1, -0.05) is 25.6 Å². The summed E-state index contributed by atoms with van der Waals surface area (Å²) in [7, 11) is 0. The Labute approximate surface area is 268 Å². The fourth-order valence-corrected chi connectivity index (χ4v) is 6.24. The van der Waals surface area contributed by atoms with Crippen LogP contribution < -0.4 is 15.9 Å². The van der Waals surface area contributed by atoms with Gasteiger partial charge in [-0.3, -0.25) is 9.78 Å². The first-order valence-corrected chi connectivity index (χ1v) is 15.3. The van der Waals surface area contributed by atoms with E-state index in [-0.39, 0.29) is 46.0 Å². The number of nitrogens with one attached hydrogen (secondary N) is 1. The number of piperazine rings is 1. The van der Waals surface area contributed by atoms with Crippen molar-refractivity contribution in [3.8, 4) is 16.9 Å². The number of anilines is 2. The summed E-state index contributed by atoms with van der Waals surface area (Å²) in [6.45, 7) is 11.1. The summed E-state index contributed by atoms with van der Waals surface area (Å²) in [6.07, 6.45) is 4.77. The Morgan fingerprint density at radius 3 is 2.72 bits per heavy atom. The molecule has 8 bridgehead atoms. The van der Waals surface area contributed by atoms with E-state index in [9.17, 15) is 9.59 Å². The number of aromatic nitrogens is 7. The lowest BCUT2D eigenvalue weighted by molar-refractivity contribution is -0.126. The number of hydrogen-bond donors (Lipinski definition) is 1. The van der Waals surface area contributed by atoms with E-state index in [4.69, 9.17) is 9.97 Å². The highest BCUT2D eigenvalue weighted by molar-refractivity contribution is 5.91. The highest BCUT2D eigenvalue weighted by Crippen LogP contribution is 2.34. The minimum atomic E-state index is -0.782. The third kappa shape index (κ3) is 5.38. The zero-order chi connectivity index (χ0) is 33.0. The van der Waals surface area contributed by atoms with Crippen molar-refractivity contribution in [2.75, 3.05) is 29.9 Å². The summed E-state index contributed by atoms with van der Waals surface area (Å²) in [5.74, 6) is -1.54. The molecule has 12 nitrogen and oxygen atoms in total. The van der Waals surface area contributed by atoms with Crippen molar-refractivity contribution >= 4 is 28.4 Å². The molecule has 1 saturated heterocycles. The van der Waals surface area contributed by atoms with Crippen LogP contribution >= 0.6 is 0 Å². The van der Waals surface area contributed by atoms with Crippen LogP contribution in [0.1, 0.15) is 43.6 Å². The Morgan fingerprint density at radius 1 is 1.13 bits per heavy atom. The highest BCUT2D eigenvalue weighted by atomic mass is 19.1. The predicted octanol–water partition coefficient (Wildman–Crippen LogP) is 4.03. The van der Waals surface area contributed by atoms with Crippen molar-refractivity contribution in [2.24, 2.45) is 0 Å². The summed E-state index contributed by atoms with van der Waals surface area (Å²) in [4.78, 5) is 44.0. The molecule has 1 fully saturated rings. The molecule has 0 unspecified atom stereocenters. The van der Waals surface area contributed by atoms with E-state index < -0.39 is 17.3 Å². The first-order valence-electron chi connectivity index (χ1n) is 15.3. The lowest BCUT2D eigenvalue weighted by Crippen LogP contribution is -2.54. The lowest BCUT2D eigenvalue weighted by Gasteiger charge is -2.40. The molecule has 0 spiro atoms. The van der Waals surface area contributed by atoms with Gasteiger partial charge in [0.2, 0.25) is 5.91 Å². The van der Waals surface area contributed by atoms with Crippen molar-refractivity contribution < 1.29 is 13.6 Å². The molecular weight excluding hydrogens is 606 g/mol. The van der Waals surface area contributed by atoms with Crippen LogP contribution in [0.4, 0.5) is 20.3 Å². The van der Waals surface area contributed by atoms with E-state index in [1.807, 2.05) is 31.7 Å². The Bertz CT molecular complexity index is 2130. The molecule has 5 aromatic rings. The van der Waals surface area contributed by atoms with Gasteiger partial charge < -0.3 is 15.1 Å². The molecule has 14 heteroatoms. The van der Waals surface area contributed by atoms with Crippen LogP contribution in [0.15, 0.2) is 60.2 Å². The van der Waals surface area contributed by atoms with E-state index >= 15 is 8.78 Å². The van der Waals surface area contributed by atoms with Gasteiger partial charge >= 0.3 is 5.69 Å². The second kappa shape index (κ2) is 11.7. The molecule has 1 aromatic carbocycles. The minimum Gasteiger partial charge on any atom is -0.379 e. The number of fused-ring (bicyclic) bond motifs is 9. The average Bonchev–Trinajstić information content (AvgIpc) is 3.50. The smallest absolute Gasteiger partial charge is 0.355 e. The molecule has 6 heterocycles. The fourth-order valence-electron chi connectivity index (χ4n) is 6.24. The van der Waals surface area contributed by atoms with E-state index in [0.717, 1.165) is 5.56 Å². The Morgan fingerprint density at radius 2 is 1.96 bits per heavy atom. The lowest BCUT2D eigenvalue weighted by atomic mass is 10.1. The maximum Gasteiger partial charge on any atom is 0.355 e.